The number of carbonyl (C=O) groups excluding carboxylic acids is 1. The minimum atomic E-state index is -0.432. The van der Waals surface area contributed by atoms with Crippen LogP contribution in [-0.4, -0.2) is 26.9 Å². The summed E-state index contributed by atoms with van der Waals surface area (Å²) >= 11 is 3.19. The first-order valence-corrected chi connectivity index (χ1v) is 6.86. The van der Waals surface area contributed by atoms with Gasteiger partial charge in [-0.3, -0.25) is 9.48 Å². The molecule has 6 nitrogen and oxygen atoms in total. The Bertz CT molecular complexity index is 690. The number of hydrogen-bond donors (Lipinski definition) is 0. The Morgan fingerprint density at radius 2 is 2.25 bits per heavy atom. The molecule has 0 aliphatic heterocycles. The van der Waals surface area contributed by atoms with E-state index in [0.29, 0.717) is 22.3 Å². The van der Waals surface area contributed by atoms with Gasteiger partial charge < -0.3 is 9.30 Å². The van der Waals surface area contributed by atoms with Crippen molar-refractivity contribution in [3.05, 3.63) is 50.6 Å². The quantitative estimate of drug-likeness (QED) is 0.793. The van der Waals surface area contributed by atoms with E-state index in [9.17, 15) is 9.59 Å². The van der Waals surface area contributed by atoms with Crippen LogP contribution in [0.5, 0.6) is 0 Å². The maximum absolute atomic E-state index is 12.0. The summed E-state index contributed by atoms with van der Waals surface area (Å²) in [5.41, 5.74) is 0.841. The highest BCUT2D eigenvalue weighted by Gasteiger charge is 2.17. The van der Waals surface area contributed by atoms with Crippen LogP contribution in [0.25, 0.3) is 0 Å². The van der Waals surface area contributed by atoms with Crippen molar-refractivity contribution in [3.63, 3.8) is 0 Å². The Kier molecular flexibility index (Phi) is 4.39. The van der Waals surface area contributed by atoms with Crippen molar-refractivity contribution in [1.82, 2.24) is 14.3 Å². The summed E-state index contributed by atoms with van der Waals surface area (Å²) in [7, 11) is 1.72. The van der Waals surface area contributed by atoms with Crippen molar-refractivity contribution in [2.75, 3.05) is 6.61 Å². The summed E-state index contributed by atoms with van der Waals surface area (Å²) in [6, 6.07) is 3.43. The van der Waals surface area contributed by atoms with Crippen molar-refractivity contribution < 1.29 is 9.53 Å². The van der Waals surface area contributed by atoms with E-state index in [1.807, 2.05) is 0 Å². The standard InChI is InChI=1S/C13H14BrN3O3/c1-3-20-13(19)9-7-15-16(2)11(9)8-17-6-4-5-10(14)12(17)18/h4-7H,3,8H2,1-2H3. The fourth-order valence-corrected chi connectivity index (χ4v) is 2.20. The molecule has 0 aromatic carbocycles. The molecule has 2 aromatic heterocycles. The number of rotatable bonds is 4. The number of carbonyl (C=O) groups is 1. The number of hydrogen-bond acceptors (Lipinski definition) is 4. The Balaban J connectivity index is 2.39. The predicted octanol–water partition coefficient (Wildman–Crippen LogP) is 1.57. The van der Waals surface area contributed by atoms with Crippen LogP contribution < -0.4 is 5.56 Å². The molecule has 0 amide bonds. The van der Waals surface area contributed by atoms with E-state index in [2.05, 4.69) is 21.0 Å². The van der Waals surface area contributed by atoms with Crippen LogP contribution in [0, 0.1) is 0 Å². The number of aryl methyl sites for hydroxylation is 1. The number of halogens is 1. The first-order valence-electron chi connectivity index (χ1n) is 6.07. The molecule has 0 saturated heterocycles. The van der Waals surface area contributed by atoms with Gasteiger partial charge in [0.15, 0.2) is 0 Å². The fraction of sp³-hybridized carbons (Fsp3) is 0.308. The molecule has 0 aliphatic rings. The van der Waals surface area contributed by atoms with Gasteiger partial charge in [0.05, 0.1) is 29.5 Å². The van der Waals surface area contributed by atoms with Gasteiger partial charge in [-0.2, -0.15) is 5.10 Å². The minimum Gasteiger partial charge on any atom is -0.462 e. The Hall–Kier alpha value is -1.89. The van der Waals surface area contributed by atoms with E-state index in [1.165, 1.54) is 10.8 Å². The zero-order valence-corrected chi connectivity index (χ0v) is 12.8. The molecule has 0 N–H and O–H groups in total. The number of esters is 1. The summed E-state index contributed by atoms with van der Waals surface area (Å²) in [6.45, 7) is 2.29. The smallest absolute Gasteiger partial charge is 0.341 e. The third kappa shape index (κ3) is 2.82. The highest BCUT2D eigenvalue weighted by molar-refractivity contribution is 9.10. The lowest BCUT2D eigenvalue weighted by molar-refractivity contribution is 0.0524. The van der Waals surface area contributed by atoms with E-state index in [4.69, 9.17) is 4.74 Å². The van der Waals surface area contributed by atoms with Crippen molar-refractivity contribution in [3.8, 4) is 0 Å². The summed E-state index contributed by atoms with van der Waals surface area (Å²) in [5, 5.41) is 4.06. The first-order chi connectivity index (χ1) is 9.54. The zero-order chi connectivity index (χ0) is 14.7. The molecule has 2 heterocycles. The van der Waals surface area contributed by atoms with Crippen LogP contribution in [0.3, 0.4) is 0 Å². The molecule has 0 fully saturated rings. The zero-order valence-electron chi connectivity index (χ0n) is 11.2. The monoisotopic (exact) mass is 339 g/mol. The van der Waals surface area contributed by atoms with Crippen LogP contribution in [0.2, 0.25) is 0 Å². The van der Waals surface area contributed by atoms with E-state index in [-0.39, 0.29) is 12.1 Å². The van der Waals surface area contributed by atoms with E-state index >= 15 is 0 Å². The molecule has 0 spiro atoms. The van der Waals surface area contributed by atoms with Crippen LogP contribution in [0.1, 0.15) is 23.0 Å². The summed E-state index contributed by atoms with van der Waals surface area (Å²) in [4.78, 5) is 23.8. The van der Waals surface area contributed by atoms with Gasteiger partial charge in [-0.1, -0.05) is 0 Å². The van der Waals surface area contributed by atoms with Gasteiger partial charge in [-0.15, -0.1) is 0 Å². The Labute approximate surface area is 124 Å². The molecule has 2 rings (SSSR count). The van der Waals surface area contributed by atoms with Gasteiger partial charge in [0.1, 0.15) is 5.56 Å². The lowest BCUT2D eigenvalue weighted by atomic mass is 10.2. The van der Waals surface area contributed by atoms with Crippen LogP contribution in [0.4, 0.5) is 0 Å². The Morgan fingerprint density at radius 3 is 2.95 bits per heavy atom. The topological polar surface area (TPSA) is 66.1 Å². The van der Waals surface area contributed by atoms with Crippen LogP contribution in [-0.2, 0) is 18.3 Å². The molecular weight excluding hydrogens is 326 g/mol. The van der Waals surface area contributed by atoms with Crippen molar-refractivity contribution in [2.45, 2.75) is 13.5 Å². The fourth-order valence-electron chi connectivity index (χ4n) is 1.82. The molecule has 0 bridgehead atoms. The molecule has 2 aromatic rings. The van der Waals surface area contributed by atoms with Crippen molar-refractivity contribution in [2.24, 2.45) is 7.05 Å². The average molecular weight is 340 g/mol. The lowest BCUT2D eigenvalue weighted by Gasteiger charge is -2.08. The van der Waals surface area contributed by atoms with Gasteiger partial charge in [-0.05, 0) is 35.0 Å². The summed E-state index contributed by atoms with van der Waals surface area (Å²) in [5.74, 6) is -0.432. The molecule has 0 saturated carbocycles. The highest BCUT2D eigenvalue weighted by atomic mass is 79.9. The molecule has 0 unspecified atom stereocenters. The highest BCUT2D eigenvalue weighted by Crippen LogP contribution is 2.11. The van der Waals surface area contributed by atoms with E-state index in [0.717, 1.165) is 0 Å². The third-order valence-electron chi connectivity index (χ3n) is 2.85. The van der Waals surface area contributed by atoms with E-state index < -0.39 is 5.97 Å². The lowest BCUT2D eigenvalue weighted by Crippen LogP contribution is -2.22. The van der Waals surface area contributed by atoms with Gasteiger partial charge in [0, 0.05) is 13.2 Å². The summed E-state index contributed by atoms with van der Waals surface area (Å²) < 4.78 is 8.53. The van der Waals surface area contributed by atoms with Crippen LogP contribution in [0.15, 0.2) is 33.8 Å². The maximum Gasteiger partial charge on any atom is 0.341 e. The first kappa shape index (κ1) is 14.5. The molecule has 0 radical (unpaired) electrons. The number of ether oxygens (including phenoxy) is 1. The largest absolute Gasteiger partial charge is 0.462 e. The van der Waals surface area contributed by atoms with Crippen LogP contribution >= 0.6 is 15.9 Å². The van der Waals surface area contributed by atoms with Gasteiger partial charge in [-0.25, -0.2) is 4.79 Å². The molecule has 106 valence electrons. The molecule has 0 aliphatic carbocycles. The Morgan fingerprint density at radius 1 is 1.50 bits per heavy atom. The SMILES string of the molecule is CCOC(=O)c1cnn(C)c1Cn1cccc(Br)c1=O. The molecular formula is C13H14BrN3O3. The molecule has 20 heavy (non-hydrogen) atoms. The van der Waals surface area contributed by atoms with E-state index in [1.54, 1.807) is 37.0 Å². The number of pyridine rings is 1. The second-order valence-electron chi connectivity index (χ2n) is 4.14. The van der Waals surface area contributed by atoms with Gasteiger partial charge >= 0.3 is 5.97 Å². The molecule has 7 heteroatoms. The number of nitrogens with zero attached hydrogens (tertiary/aromatic N) is 3. The second-order valence-corrected chi connectivity index (χ2v) is 4.99. The van der Waals surface area contributed by atoms with Gasteiger partial charge in [0.25, 0.3) is 5.56 Å². The predicted molar refractivity (Wildman–Crippen MR) is 76.7 cm³/mol. The van der Waals surface area contributed by atoms with Crippen molar-refractivity contribution in [1.29, 1.82) is 0 Å². The maximum atomic E-state index is 12.0. The minimum absolute atomic E-state index is 0.163. The summed E-state index contributed by atoms with van der Waals surface area (Å²) in [6.07, 6.45) is 3.12. The second kappa shape index (κ2) is 6.04. The number of aromatic nitrogens is 3. The van der Waals surface area contributed by atoms with Crippen molar-refractivity contribution >= 4 is 21.9 Å². The van der Waals surface area contributed by atoms with Gasteiger partial charge in [0.2, 0.25) is 0 Å². The third-order valence-corrected chi connectivity index (χ3v) is 3.45. The molecule has 0 atom stereocenters. The average Bonchev–Trinajstić information content (AvgIpc) is 2.77. The normalized spacial score (nSPS) is 10.6.